The highest BCUT2D eigenvalue weighted by Crippen LogP contribution is 2.47. The average Bonchev–Trinajstić information content (AvgIpc) is 2.27. The van der Waals surface area contributed by atoms with Crippen molar-refractivity contribution in [3.63, 3.8) is 0 Å². The first-order valence-corrected chi connectivity index (χ1v) is 5.45. The summed E-state index contributed by atoms with van der Waals surface area (Å²) in [5.74, 6) is -0.0963. The van der Waals surface area contributed by atoms with Crippen LogP contribution in [0.4, 0.5) is 0 Å². The van der Waals surface area contributed by atoms with Gasteiger partial charge in [0.2, 0.25) is 6.29 Å². The summed E-state index contributed by atoms with van der Waals surface area (Å²) in [5.41, 5.74) is 0.604. The van der Waals surface area contributed by atoms with Crippen molar-refractivity contribution >= 4 is 5.97 Å². The fourth-order valence-corrected chi connectivity index (χ4v) is 2.82. The second-order valence-electron chi connectivity index (χ2n) is 4.40. The van der Waals surface area contributed by atoms with E-state index < -0.39 is 0 Å². The Labute approximate surface area is 93.3 Å². The largest absolute Gasteiger partial charge is 0.471 e. The molecule has 3 saturated heterocycles. The molecule has 88 valence electrons. The number of ether oxygens (including phenoxy) is 4. The van der Waals surface area contributed by atoms with Gasteiger partial charge in [0.25, 0.3) is 0 Å². The number of methoxy groups -OCH3 is 1. The second-order valence-corrected chi connectivity index (χ2v) is 4.40. The minimum absolute atomic E-state index is 0.0517. The molecule has 0 N–H and O–H groups in total. The smallest absolute Gasteiger partial charge is 0.337 e. The van der Waals surface area contributed by atoms with Crippen LogP contribution < -0.4 is 0 Å². The monoisotopic (exact) mass is 226 g/mol. The van der Waals surface area contributed by atoms with Crippen LogP contribution in [0.2, 0.25) is 0 Å². The third-order valence-corrected chi connectivity index (χ3v) is 3.57. The first kappa shape index (κ1) is 10.1. The van der Waals surface area contributed by atoms with Gasteiger partial charge >= 0.3 is 5.97 Å². The Bertz CT molecular complexity index is 350. The number of esters is 1. The van der Waals surface area contributed by atoms with E-state index in [1.54, 1.807) is 0 Å². The lowest BCUT2D eigenvalue weighted by molar-refractivity contribution is -0.363. The Kier molecular flexibility index (Phi) is 2.19. The van der Waals surface area contributed by atoms with E-state index in [1.807, 2.05) is 6.92 Å². The molecule has 5 heteroatoms. The van der Waals surface area contributed by atoms with E-state index in [-0.39, 0.29) is 36.5 Å². The van der Waals surface area contributed by atoms with E-state index in [0.717, 1.165) is 0 Å². The lowest BCUT2D eigenvalue weighted by atomic mass is 9.75. The summed E-state index contributed by atoms with van der Waals surface area (Å²) in [6, 6.07) is 0. The molecule has 4 aliphatic rings. The van der Waals surface area contributed by atoms with Gasteiger partial charge in [-0.25, -0.2) is 4.79 Å². The topological polar surface area (TPSA) is 54.0 Å². The molecule has 0 spiro atoms. The van der Waals surface area contributed by atoms with E-state index in [9.17, 15) is 4.79 Å². The number of hydrogen-bond acceptors (Lipinski definition) is 5. The van der Waals surface area contributed by atoms with Gasteiger partial charge in [0.15, 0.2) is 6.29 Å². The van der Waals surface area contributed by atoms with Crippen molar-refractivity contribution < 1.29 is 23.7 Å². The van der Waals surface area contributed by atoms with E-state index in [0.29, 0.717) is 12.0 Å². The van der Waals surface area contributed by atoms with Crippen LogP contribution in [0.15, 0.2) is 11.8 Å². The summed E-state index contributed by atoms with van der Waals surface area (Å²) in [4.78, 5) is 11.6. The summed E-state index contributed by atoms with van der Waals surface area (Å²) < 4.78 is 21.3. The highest BCUT2D eigenvalue weighted by Gasteiger charge is 2.53. The fraction of sp³-hybridized carbons (Fsp3) is 0.727. The van der Waals surface area contributed by atoms with Crippen molar-refractivity contribution in [2.45, 2.75) is 32.0 Å². The van der Waals surface area contributed by atoms with Gasteiger partial charge in [-0.1, -0.05) is 0 Å². The van der Waals surface area contributed by atoms with Crippen LogP contribution >= 0.6 is 0 Å². The van der Waals surface area contributed by atoms with Crippen molar-refractivity contribution in [1.29, 1.82) is 0 Å². The SMILES string of the molecule is COC(=O)C1=COC2OC3C[C@@H]1[C@@H]2[C@@H](C)O3. The van der Waals surface area contributed by atoms with E-state index >= 15 is 0 Å². The van der Waals surface area contributed by atoms with Crippen LogP contribution in [0.5, 0.6) is 0 Å². The lowest BCUT2D eigenvalue weighted by Gasteiger charge is -2.51. The van der Waals surface area contributed by atoms with E-state index in [1.165, 1.54) is 13.4 Å². The minimum atomic E-state index is -0.316. The molecule has 0 aromatic carbocycles. The highest BCUT2D eigenvalue weighted by molar-refractivity contribution is 5.89. The molecular formula is C11H14O5. The molecule has 4 rings (SSSR count). The van der Waals surface area contributed by atoms with Crippen molar-refractivity contribution in [2.24, 2.45) is 11.8 Å². The normalized spacial score (nSPS) is 44.6. The Morgan fingerprint density at radius 1 is 1.50 bits per heavy atom. The molecule has 3 fully saturated rings. The maximum atomic E-state index is 11.6. The third kappa shape index (κ3) is 1.28. The van der Waals surface area contributed by atoms with Gasteiger partial charge in [-0.15, -0.1) is 0 Å². The Balaban J connectivity index is 1.93. The number of rotatable bonds is 1. The standard InChI is InChI=1S/C11H14O5/c1-5-9-6-3-8(15-5)16-11(9)14-4-7(6)10(12)13-2/h4-6,8-9,11H,3H2,1-2H3/t5-,6+,8?,9+,11?/m1/s1. The molecule has 0 radical (unpaired) electrons. The molecule has 4 bridgehead atoms. The molecule has 2 unspecified atom stereocenters. The van der Waals surface area contributed by atoms with Crippen LogP contribution in [0, 0.1) is 11.8 Å². The van der Waals surface area contributed by atoms with Crippen molar-refractivity contribution in [1.82, 2.24) is 0 Å². The Hall–Kier alpha value is -1.07. The van der Waals surface area contributed by atoms with E-state index in [4.69, 9.17) is 18.9 Å². The van der Waals surface area contributed by atoms with Gasteiger partial charge in [-0.05, 0) is 6.92 Å². The third-order valence-electron chi connectivity index (χ3n) is 3.57. The molecule has 5 nitrogen and oxygen atoms in total. The maximum absolute atomic E-state index is 11.6. The fourth-order valence-electron chi connectivity index (χ4n) is 2.82. The quantitative estimate of drug-likeness (QED) is 0.619. The number of hydrogen-bond donors (Lipinski definition) is 0. The zero-order valence-electron chi connectivity index (χ0n) is 9.21. The van der Waals surface area contributed by atoms with Crippen LogP contribution in [0.25, 0.3) is 0 Å². The van der Waals surface area contributed by atoms with Crippen LogP contribution in [0.3, 0.4) is 0 Å². The number of fused-ring (bicyclic) bond motifs is 1. The van der Waals surface area contributed by atoms with Crippen LogP contribution in [-0.2, 0) is 23.7 Å². The minimum Gasteiger partial charge on any atom is -0.471 e. The number of carbonyl (C=O) groups is 1. The zero-order valence-corrected chi connectivity index (χ0v) is 9.21. The molecule has 0 saturated carbocycles. The van der Waals surface area contributed by atoms with Gasteiger partial charge in [0, 0.05) is 12.3 Å². The predicted molar refractivity (Wildman–Crippen MR) is 52.0 cm³/mol. The summed E-state index contributed by atoms with van der Waals surface area (Å²) in [6.45, 7) is 1.99. The van der Waals surface area contributed by atoms with Crippen molar-refractivity contribution in [2.75, 3.05) is 7.11 Å². The molecule has 0 aliphatic carbocycles. The zero-order chi connectivity index (χ0) is 11.3. The van der Waals surface area contributed by atoms with Gasteiger partial charge in [0.1, 0.15) is 0 Å². The van der Waals surface area contributed by atoms with Crippen molar-refractivity contribution in [3.05, 3.63) is 11.8 Å². The molecule has 16 heavy (non-hydrogen) atoms. The van der Waals surface area contributed by atoms with Crippen molar-refractivity contribution in [3.8, 4) is 0 Å². The molecule has 0 amide bonds. The lowest BCUT2D eigenvalue weighted by Crippen LogP contribution is -2.57. The van der Waals surface area contributed by atoms with Crippen LogP contribution in [-0.4, -0.2) is 31.8 Å². The van der Waals surface area contributed by atoms with Gasteiger partial charge in [-0.2, -0.15) is 0 Å². The first-order chi connectivity index (χ1) is 7.70. The molecule has 0 aromatic heterocycles. The van der Waals surface area contributed by atoms with Crippen LogP contribution in [0.1, 0.15) is 13.3 Å². The Morgan fingerprint density at radius 2 is 2.31 bits per heavy atom. The second kappa shape index (κ2) is 3.46. The van der Waals surface area contributed by atoms with Gasteiger partial charge < -0.3 is 18.9 Å². The predicted octanol–water partition coefficient (Wildman–Crippen LogP) is 0.797. The van der Waals surface area contributed by atoms with Gasteiger partial charge in [0.05, 0.1) is 31.0 Å². The molecule has 0 aromatic rings. The maximum Gasteiger partial charge on any atom is 0.337 e. The summed E-state index contributed by atoms with van der Waals surface area (Å²) in [7, 11) is 1.38. The Morgan fingerprint density at radius 3 is 3.00 bits per heavy atom. The summed E-state index contributed by atoms with van der Waals surface area (Å²) >= 11 is 0. The molecule has 4 heterocycles. The van der Waals surface area contributed by atoms with Gasteiger partial charge in [-0.3, -0.25) is 0 Å². The highest BCUT2D eigenvalue weighted by atomic mass is 16.8. The summed E-state index contributed by atoms with van der Waals surface area (Å²) in [5, 5.41) is 0. The van der Waals surface area contributed by atoms with E-state index in [2.05, 4.69) is 0 Å². The molecular weight excluding hydrogens is 212 g/mol. The molecule has 4 aliphatic heterocycles. The summed E-state index contributed by atoms with van der Waals surface area (Å²) in [6.07, 6.45) is 1.70. The first-order valence-electron chi connectivity index (χ1n) is 5.45. The number of carbonyl (C=O) groups excluding carboxylic acids is 1. The molecule has 5 atom stereocenters. The average molecular weight is 226 g/mol.